The number of halogens is 3. The van der Waals surface area contributed by atoms with E-state index in [2.05, 4.69) is 4.98 Å². The van der Waals surface area contributed by atoms with E-state index in [1.807, 2.05) is 0 Å². The van der Waals surface area contributed by atoms with Gasteiger partial charge in [-0.05, 0) is 60.0 Å². The van der Waals surface area contributed by atoms with Crippen LogP contribution in [0.5, 0.6) is 5.75 Å². The first-order valence-electron chi connectivity index (χ1n) is 13.5. The van der Waals surface area contributed by atoms with Crippen LogP contribution in [0.25, 0.3) is 0 Å². The first-order chi connectivity index (χ1) is 21.0. The third kappa shape index (κ3) is 5.27. The van der Waals surface area contributed by atoms with Gasteiger partial charge in [0.25, 0.3) is 0 Å². The second-order valence-electron chi connectivity index (χ2n) is 10.2. The fourth-order valence-electron chi connectivity index (χ4n) is 5.87. The third-order valence-corrected chi connectivity index (χ3v) is 7.91. The van der Waals surface area contributed by atoms with Crippen LogP contribution in [-0.4, -0.2) is 44.0 Å². The van der Waals surface area contributed by atoms with E-state index in [4.69, 9.17) is 19.9 Å². The number of rotatable bonds is 6. The summed E-state index contributed by atoms with van der Waals surface area (Å²) in [5.74, 6) is -5.00. The molecule has 44 heavy (non-hydrogen) atoms. The van der Waals surface area contributed by atoms with Gasteiger partial charge in [0.15, 0.2) is 5.78 Å². The Morgan fingerprint density at radius 3 is 2.18 bits per heavy atom. The van der Waals surface area contributed by atoms with Crippen LogP contribution in [0.1, 0.15) is 34.9 Å². The molecule has 0 spiro atoms. The summed E-state index contributed by atoms with van der Waals surface area (Å²) in [6, 6.07) is 14.3. The Labute approximate surface area is 250 Å². The lowest BCUT2D eigenvalue weighted by Crippen LogP contribution is -2.46. The summed E-state index contributed by atoms with van der Waals surface area (Å²) < 4.78 is 55.7. The van der Waals surface area contributed by atoms with Crippen LogP contribution in [0.3, 0.4) is 0 Å². The molecule has 0 bridgehead atoms. The maximum absolute atomic E-state index is 14.6. The van der Waals surface area contributed by atoms with E-state index in [-0.39, 0.29) is 29.1 Å². The SMILES string of the molecule is COC(=O)C1=C(N)N(c2ccc(C(F)(F)F)cc2)C2=C(C(=O)[C@H](C(=O)OC)[C@H](c3ccc(OC)cc3)C2)[C@@H]1c1cccnc1. The highest BCUT2D eigenvalue weighted by Gasteiger charge is 2.51. The van der Waals surface area contributed by atoms with Gasteiger partial charge < -0.3 is 19.9 Å². The number of allylic oxidation sites excluding steroid dienone is 2. The zero-order chi connectivity index (χ0) is 31.8. The maximum atomic E-state index is 14.6. The Morgan fingerprint density at radius 2 is 1.64 bits per heavy atom. The number of pyridine rings is 1. The van der Waals surface area contributed by atoms with Crippen molar-refractivity contribution in [2.45, 2.75) is 24.4 Å². The third-order valence-electron chi connectivity index (χ3n) is 7.91. The van der Waals surface area contributed by atoms with E-state index >= 15 is 0 Å². The van der Waals surface area contributed by atoms with E-state index in [9.17, 15) is 27.6 Å². The number of aromatic nitrogens is 1. The van der Waals surface area contributed by atoms with Gasteiger partial charge in [-0.2, -0.15) is 13.2 Å². The first-order valence-corrected chi connectivity index (χ1v) is 13.5. The first kappa shape index (κ1) is 30.3. The molecule has 1 aliphatic heterocycles. The number of nitrogens with two attached hydrogens (primary N) is 1. The lowest BCUT2D eigenvalue weighted by Gasteiger charge is -2.44. The van der Waals surface area contributed by atoms with Crippen molar-refractivity contribution < 1.29 is 41.8 Å². The lowest BCUT2D eigenvalue weighted by molar-refractivity contribution is -0.150. The molecule has 2 aliphatic rings. The van der Waals surface area contributed by atoms with E-state index in [1.54, 1.807) is 36.4 Å². The van der Waals surface area contributed by atoms with Gasteiger partial charge in [0.1, 0.15) is 17.5 Å². The van der Waals surface area contributed by atoms with Crippen molar-refractivity contribution in [2.24, 2.45) is 11.7 Å². The monoisotopic (exact) mass is 607 g/mol. The molecule has 1 aromatic heterocycles. The number of benzene rings is 2. The van der Waals surface area contributed by atoms with Gasteiger partial charge in [-0.1, -0.05) is 18.2 Å². The van der Waals surface area contributed by atoms with E-state index in [1.165, 1.54) is 43.6 Å². The highest BCUT2D eigenvalue weighted by atomic mass is 19.4. The molecule has 9 nitrogen and oxygen atoms in total. The largest absolute Gasteiger partial charge is 0.497 e. The van der Waals surface area contributed by atoms with Gasteiger partial charge in [-0.25, -0.2) is 4.79 Å². The van der Waals surface area contributed by atoms with Crippen LogP contribution in [0.15, 0.2) is 95.7 Å². The molecule has 2 aromatic carbocycles. The molecular formula is C32H28F3N3O6. The van der Waals surface area contributed by atoms with Gasteiger partial charge in [-0.15, -0.1) is 0 Å². The molecule has 0 saturated carbocycles. The van der Waals surface area contributed by atoms with Crippen LogP contribution in [-0.2, 0) is 30.0 Å². The number of alkyl halides is 3. The number of anilines is 1. The average Bonchev–Trinajstić information content (AvgIpc) is 3.03. The van der Waals surface area contributed by atoms with Crippen molar-refractivity contribution in [1.82, 2.24) is 4.98 Å². The number of carbonyl (C=O) groups excluding carboxylic acids is 3. The van der Waals surface area contributed by atoms with Gasteiger partial charge in [0.2, 0.25) is 0 Å². The Hall–Kier alpha value is -5.13. The highest BCUT2D eigenvalue weighted by Crippen LogP contribution is 2.51. The molecule has 0 fully saturated rings. The quantitative estimate of drug-likeness (QED) is 0.310. The average molecular weight is 608 g/mol. The molecule has 0 radical (unpaired) electrons. The van der Waals surface area contributed by atoms with Gasteiger partial charge >= 0.3 is 18.1 Å². The zero-order valence-corrected chi connectivity index (χ0v) is 23.9. The summed E-state index contributed by atoms with van der Waals surface area (Å²) in [5, 5.41) is 0. The van der Waals surface area contributed by atoms with Gasteiger partial charge in [0, 0.05) is 35.3 Å². The minimum Gasteiger partial charge on any atom is -0.497 e. The minimum absolute atomic E-state index is 0.0418. The van der Waals surface area contributed by atoms with Crippen molar-refractivity contribution in [3.63, 3.8) is 0 Å². The van der Waals surface area contributed by atoms with Crippen molar-refractivity contribution >= 4 is 23.4 Å². The van der Waals surface area contributed by atoms with Crippen LogP contribution >= 0.6 is 0 Å². The number of hydrogen-bond acceptors (Lipinski definition) is 9. The molecule has 3 aromatic rings. The molecule has 0 saturated heterocycles. The second-order valence-corrected chi connectivity index (χ2v) is 10.2. The molecular weight excluding hydrogens is 579 g/mol. The van der Waals surface area contributed by atoms with Gasteiger partial charge in [0.05, 0.1) is 38.4 Å². The van der Waals surface area contributed by atoms with Crippen LogP contribution in [0, 0.1) is 5.92 Å². The Kier molecular flexibility index (Phi) is 8.18. The number of methoxy groups -OCH3 is 3. The molecule has 0 amide bonds. The molecule has 2 N–H and O–H groups in total. The fraction of sp³-hybridized carbons (Fsp3) is 0.250. The number of esters is 2. The summed E-state index contributed by atoms with van der Waals surface area (Å²) in [5.41, 5.74) is 7.26. The van der Waals surface area contributed by atoms with Crippen molar-refractivity contribution in [3.05, 3.63) is 112 Å². The number of ketones is 1. The topological polar surface area (TPSA) is 121 Å². The van der Waals surface area contributed by atoms with Gasteiger partial charge in [-0.3, -0.25) is 19.5 Å². The highest BCUT2D eigenvalue weighted by molar-refractivity contribution is 6.14. The molecule has 3 atom stereocenters. The van der Waals surface area contributed by atoms with Crippen molar-refractivity contribution in [2.75, 3.05) is 26.2 Å². The summed E-state index contributed by atoms with van der Waals surface area (Å²) in [7, 11) is 3.83. The Balaban J connectivity index is 1.79. The molecule has 2 heterocycles. The summed E-state index contributed by atoms with van der Waals surface area (Å²) in [6.07, 6.45) is -1.57. The fourth-order valence-corrected chi connectivity index (χ4v) is 5.87. The van der Waals surface area contributed by atoms with Crippen LogP contribution in [0.2, 0.25) is 0 Å². The minimum atomic E-state index is -4.59. The maximum Gasteiger partial charge on any atom is 0.416 e. The molecule has 12 heteroatoms. The van der Waals surface area contributed by atoms with E-state index < -0.39 is 47.2 Å². The smallest absolute Gasteiger partial charge is 0.416 e. The number of hydrogen-bond donors (Lipinski definition) is 1. The Bertz CT molecular complexity index is 1650. The standard InChI is InChI=1S/C32H28F3N3O6/c1-42-21-12-6-17(7-13-21)22-15-23-26(28(39)25(22)30(40)43-2)24(18-5-4-14-37-16-18)27(31(41)44-3)29(36)38(23)20-10-8-19(9-11-20)32(33,34)35/h4-14,16,22,24-25H,15,36H2,1-3H3/t22-,24-,25+/m0/s1. The molecule has 228 valence electrons. The number of carbonyl (C=O) groups is 3. The zero-order valence-electron chi connectivity index (χ0n) is 23.9. The normalized spacial score (nSPS) is 20.3. The summed E-state index contributed by atoms with van der Waals surface area (Å²) in [4.78, 5) is 46.7. The predicted molar refractivity (Wildman–Crippen MR) is 152 cm³/mol. The number of nitrogens with zero attached hydrogens (tertiary/aromatic N) is 2. The van der Waals surface area contributed by atoms with Crippen molar-refractivity contribution in [3.8, 4) is 5.75 Å². The molecule has 1 aliphatic carbocycles. The van der Waals surface area contributed by atoms with Crippen LogP contribution in [0.4, 0.5) is 18.9 Å². The van der Waals surface area contributed by atoms with Crippen LogP contribution < -0.4 is 15.4 Å². The summed E-state index contributed by atoms with van der Waals surface area (Å²) in [6.45, 7) is 0. The number of ether oxygens (including phenoxy) is 3. The van der Waals surface area contributed by atoms with E-state index in [0.717, 1.165) is 19.2 Å². The van der Waals surface area contributed by atoms with Crippen molar-refractivity contribution in [1.29, 1.82) is 0 Å². The second kappa shape index (κ2) is 11.9. The summed E-state index contributed by atoms with van der Waals surface area (Å²) >= 11 is 0. The van der Waals surface area contributed by atoms with E-state index in [0.29, 0.717) is 22.6 Å². The lowest BCUT2D eigenvalue weighted by atomic mass is 9.67. The molecule has 0 unspecified atom stereocenters. The predicted octanol–water partition coefficient (Wildman–Crippen LogP) is 4.86. The number of Topliss-reactive ketones (excluding diaryl/α,β-unsaturated/α-hetero) is 1. The Morgan fingerprint density at radius 1 is 0.955 bits per heavy atom. The molecule has 5 rings (SSSR count).